The number of benzene rings is 2. The minimum atomic E-state index is -0.520. The zero-order valence-electron chi connectivity index (χ0n) is 13.7. The van der Waals surface area contributed by atoms with Crippen molar-refractivity contribution < 1.29 is 14.0 Å². The Labute approximate surface area is 151 Å². The van der Waals surface area contributed by atoms with Gasteiger partial charge in [0.1, 0.15) is 5.82 Å². The number of hydrogen-bond acceptors (Lipinski definition) is 3. The minimum Gasteiger partial charge on any atom is -0.337 e. The van der Waals surface area contributed by atoms with E-state index < -0.39 is 5.82 Å². The molecule has 0 saturated carbocycles. The molecule has 0 aromatic heterocycles. The van der Waals surface area contributed by atoms with E-state index in [1.165, 1.54) is 12.1 Å². The number of rotatable bonds is 2. The van der Waals surface area contributed by atoms with Gasteiger partial charge in [-0.25, -0.2) is 4.39 Å². The lowest BCUT2D eigenvalue weighted by molar-refractivity contribution is 0.0714. The standard InChI is InChI=1S/C19H19FN2O2S/c20-16-8-3-1-6-14(16)18(23)21-10-5-11-22(13-12-21)19(24)15-7-2-4-9-17(15)25/h1-4,6-9,25H,5,10-13H2. The van der Waals surface area contributed by atoms with Crippen molar-refractivity contribution in [2.24, 2.45) is 0 Å². The Hall–Kier alpha value is -2.34. The number of carbonyl (C=O) groups is 2. The highest BCUT2D eigenvalue weighted by molar-refractivity contribution is 7.80. The highest BCUT2D eigenvalue weighted by Crippen LogP contribution is 2.18. The molecule has 1 aliphatic heterocycles. The van der Waals surface area contributed by atoms with Gasteiger partial charge in [-0.3, -0.25) is 9.59 Å². The summed E-state index contributed by atoms with van der Waals surface area (Å²) >= 11 is 4.34. The van der Waals surface area contributed by atoms with E-state index in [0.29, 0.717) is 43.1 Å². The van der Waals surface area contributed by atoms with Gasteiger partial charge in [-0.15, -0.1) is 12.6 Å². The van der Waals surface area contributed by atoms with Crippen molar-refractivity contribution in [3.8, 4) is 0 Å². The predicted molar refractivity (Wildman–Crippen MR) is 96.5 cm³/mol. The largest absolute Gasteiger partial charge is 0.337 e. The minimum absolute atomic E-state index is 0.0722. The van der Waals surface area contributed by atoms with Gasteiger partial charge >= 0.3 is 0 Å². The summed E-state index contributed by atoms with van der Waals surface area (Å²) in [5, 5.41) is 0. The Morgan fingerprint density at radius 1 is 0.800 bits per heavy atom. The Bertz CT molecular complexity index is 731. The van der Waals surface area contributed by atoms with E-state index in [1.54, 1.807) is 40.1 Å². The summed E-state index contributed by atoms with van der Waals surface area (Å²) in [6.45, 7) is 1.86. The Balaban J connectivity index is 1.70. The lowest BCUT2D eigenvalue weighted by Crippen LogP contribution is -2.37. The number of amides is 2. The van der Waals surface area contributed by atoms with E-state index in [0.717, 1.165) is 0 Å². The fourth-order valence-electron chi connectivity index (χ4n) is 2.95. The monoisotopic (exact) mass is 358 g/mol. The van der Waals surface area contributed by atoms with Gasteiger partial charge in [0.25, 0.3) is 11.8 Å². The third kappa shape index (κ3) is 3.85. The molecule has 0 aliphatic carbocycles. The maximum Gasteiger partial charge on any atom is 0.256 e. The predicted octanol–water partition coefficient (Wildman–Crippen LogP) is 3.10. The molecule has 25 heavy (non-hydrogen) atoms. The summed E-state index contributed by atoms with van der Waals surface area (Å²) in [6, 6.07) is 13.1. The number of halogens is 1. The van der Waals surface area contributed by atoms with Gasteiger partial charge < -0.3 is 9.80 Å². The summed E-state index contributed by atoms with van der Waals surface area (Å²) in [6.07, 6.45) is 0.653. The molecular formula is C19H19FN2O2S. The Morgan fingerprint density at radius 2 is 1.32 bits per heavy atom. The molecule has 6 heteroatoms. The highest BCUT2D eigenvalue weighted by Gasteiger charge is 2.25. The van der Waals surface area contributed by atoms with E-state index in [2.05, 4.69) is 12.6 Å². The fourth-order valence-corrected chi connectivity index (χ4v) is 3.21. The lowest BCUT2D eigenvalue weighted by Gasteiger charge is -2.23. The molecule has 1 heterocycles. The zero-order chi connectivity index (χ0) is 17.8. The van der Waals surface area contributed by atoms with Crippen molar-refractivity contribution in [1.82, 2.24) is 9.80 Å². The first-order valence-electron chi connectivity index (χ1n) is 8.19. The van der Waals surface area contributed by atoms with Gasteiger partial charge in [0.2, 0.25) is 0 Å². The van der Waals surface area contributed by atoms with Crippen molar-refractivity contribution in [3.63, 3.8) is 0 Å². The first-order chi connectivity index (χ1) is 12.1. The fraction of sp³-hybridized carbons (Fsp3) is 0.263. The first-order valence-corrected chi connectivity index (χ1v) is 8.63. The van der Waals surface area contributed by atoms with Crippen LogP contribution in [0.4, 0.5) is 4.39 Å². The summed E-state index contributed by atoms with van der Waals surface area (Å²) in [5.74, 6) is -0.943. The molecule has 3 rings (SSSR count). The zero-order valence-corrected chi connectivity index (χ0v) is 14.6. The molecule has 0 bridgehead atoms. The van der Waals surface area contributed by atoms with Crippen LogP contribution in [-0.4, -0.2) is 47.8 Å². The van der Waals surface area contributed by atoms with Crippen LogP contribution in [0.1, 0.15) is 27.1 Å². The van der Waals surface area contributed by atoms with Gasteiger partial charge in [-0.1, -0.05) is 24.3 Å². The van der Waals surface area contributed by atoms with Crippen molar-refractivity contribution in [3.05, 3.63) is 65.5 Å². The van der Waals surface area contributed by atoms with E-state index >= 15 is 0 Å². The first kappa shape index (κ1) is 17.5. The summed E-state index contributed by atoms with van der Waals surface area (Å²) in [5.41, 5.74) is 0.627. The second kappa shape index (κ2) is 7.70. The van der Waals surface area contributed by atoms with E-state index in [4.69, 9.17) is 0 Å². The summed E-state index contributed by atoms with van der Waals surface area (Å²) < 4.78 is 13.8. The normalized spacial score (nSPS) is 15.0. The molecule has 1 aliphatic rings. The molecule has 1 saturated heterocycles. The van der Waals surface area contributed by atoms with Crippen molar-refractivity contribution in [1.29, 1.82) is 0 Å². The van der Waals surface area contributed by atoms with Crippen LogP contribution < -0.4 is 0 Å². The molecule has 2 aromatic rings. The van der Waals surface area contributed by atoms with Crippen LogP contribution in [0.15, 0.2) is 53.4 Å². The second-order valence-corrected chi connectivity index (χ2v) is 6.42. The number of hydrogen-bond donors (Lipinski definition) is 1. The number of nitrogens with zero attached hydrogens (tertiary/aromatic N) is 2. The van der Waals surface area contributed by atoms with Crippen LogP contribution in [0, 0.1) is 5.82 Å². The molecule has 0 atom stereocenters. The van der Waals surface area contributed by atoms with Crippen LogP contribution in [0.5, 0.6) is 0 Å². The topological polar surface area (TPSA) is 40.6 Å². The SMILES string of the molecule is O=C(c1ccccc1F)N1CCCN(C(=O)c2ccccc2S)CC1. The molecule has 2 amide bonds. The van der Waals surface area contributed by atoms with Gasteiger partial charge in [0.05, 0.1) is 11.1 Å². The van der Waals surface area contributed by atoms with Crippen molar-refractivity contribution >= 4 is 24.4 Å². The third-order valence-electron chi connectivity index (χ3n) is 4.31. The maximum atomic E-state index is 13.8. The van der Waals surface area contributed by atoms with Crippen molar-refractivity contribution in [2.45, 2.75) is 11.3 Å². The second-order valence-electron chi connectivity index (χ2n) is 5.93. The molecular weight excluding hydrogens is 339 g/mol. The smallest absolute Gasteiger partial charge is 0.256 e. The lowest BCUT2D eigenvalue weighted by atomic mass is 10.2. The van der Waals surface area contributed by atoms with E-state index in [-0.39, 0.29) is 17.4 Å². The molecule has 130 valence electrons. The number of thiol groups is 1. The van der Waals surface area contributed by atoms with Gasteiger partial charge in [-0.2, -0.15) is 0 Å². The van der Waals surface area contributed by atoms with Gasteiger partial charge in [0, 0.05) is 31.1 Å². The van der Waals surface area contributed by atoms with Crippen LogP contribution in [-0.2, 0) is 0 Å². The average molecular weight is 358 g/mol. The molecule has 0 unspecified atom stereocenters. The van der Waals surface area contributed by atoms with Gasteiger partial charge in [0.15, 0.2) is 0 Å². The number of carbonyl (C=O) groups excluding carboxylic acids is 2. The molecule has 0 radical (unpaired) electrons. The van der Waals surface area contributed by atoms with Gasteiger partial charge in [-0.05, 0) is 30.7 Å². The van der Waals surface area contributed by atoms with Crippen molar-refractivity contribution in [2.75, 3.05) is 26.2 Å². The van der Waals surface area contributed by atoms with Crippen LogP contribution in [0.3, 0.4) is 0 Å². The van der Waals surface area contributed by atoms with Crippen LogP contribution in [0.25, 0.3) is 0 Å². The van der Waals surface area contributed by atoms with Crippen LogP contribution in [0.2, 0.25) is 0 Å². The molecule has 4 nitrogen and oxygen atoms in total. The molecule has 2 aromatic carbocycles. The van der Waals surface area contributed by atoms with Crippen LogP contribution >= 0.6 is 12.6 Å². The summed E-state index contributed by atoms with van der Waals surface area (Å²) in [4.78, 5) is 29.2. The maximum absolute atomic E-state index is 13.8. The highest BCUT2D eigenvalue weighted by atomic mass is 32.1. The summed E-state index contributed by atoms with van der Waals surface area (Å²) in [7, 11) is 0. The average Bonchev–Trinajstić information content (AvgIpc) is 2.87. The van der Waals surface area contributed by atoms with E-state index in [9.17, 15) is 14.0 Å². The quantitative estimate of drug-likeness (QED) is 0.838. The molecule has 0 spiro atoms. The molecule has 1 fully saturated rings. The van der Waals surface area contributed by atoms with E-state index in [1.807, 2.05) is 6.07 Å². The Kier molecular flexibility index (Phi) is 5.38. The Morgan fingerprint density at radius 3 is 1.92 bits per heavy atom. The molecule has 0 N–H and O–H groups in total. The third-order valence-corrected chi connectivity index (χ3v) is 4.70.